The lowest BCUT2D eigenvalue weighted by Gasteiger charge is -2.06. The van der Waals surface area contributed by atoms with Crippen LogP contribution >= 0.6 is 0 Å². The third kappa shape index (κ3) is 2.74. The molecule has 0 fully saturated rings. The number of benzene rings is 2. The van der Waals surface area contributed by atoms with Crippen LogP contribution < -0.4 is 0 Å². The number of hydrogen-bond donors (Lipinski definition) is 1. The zero-order chi connectivity index (χ0) is 13.0. The standard InChI is InChI=1S/C15H14O3/c16-10-14-9-12-5-2-1-4-11(12)8-13(14)6-3-7-15(17)18/h1-2,4-5,8-10H,3,6-7H2,(H,17,18). The summed E-state index contributed by atoms with van der Waals surface area (Å²) in [6.07, 6.45) is 2.13. The highest BCUT2D eigenvalue weighted by Crippen LogP contribution is 2.20. The van der Waals surface area contributed by atoms with Crippen LogP contribution in [-0.2, 0) is 11.2 Å². The van der Waals surface area contributed by atoms with Crippen molar-refractivity contribution >= 4 is 23.0 Å². The highest BCUT2D eigenvalue weighted by atomic mass is 16.4. The van der Waals surface area contributed by atoms with Crippen LogP contribution in [0.2, 0.25) is 0 Å². The normalized spacial score (nSPS) is 10.4. The van der Waals surface area contributed by atoms with E-state index in [2.05, 4.69) is 0 Å². The molecule has 0 radical (unpaired) electrons. The molecule has 0 saturated carbocycles. The van der Waals surface area contributed by atoms with Crippen molar-refractivity contribution in [1.29, 1.82) is 0 Å². The van der Waals surface area contributed by atoms with Crippen LogP contribution in [0.5, 0.6) is 0 Å². The second-order valence-electron chi connectivity index (χ2n) is 4.26. The Morgan fingerprint density at radius 2 is 1.83 bits per heavy atom. The second-order valence-corrected chi connectivity index (χ2v) is 4.26. The Labute approximate surface area is 105 Å². The van der Waals surface area contributed by atoms with Crippen molar-refractivity contribution in [3.63, 3.8) is 0 Å². The molecule has 1 N–H and O–H groups in total. The highest BCUT2D eigenvalue weighted by Gasteiger charge is 2.05. The van der Waals surface area contributed by atoms with E-state index in [9.17, 15) is 9.59 Å². The molecule has 0 aliphatic carbocycles. The summed E-state index contributed by atoms with van der Waals surface area (Å²) in [7, 11) is 0. The van der Waals surface area contributed by atoms with E-state index in [1.165, 1.54) is 0 Å². The third-order valence-electron chi connectivity index (χ3n) is 2.97. The summed E-state index contributed by atoms with van der Waals surface area (Å²) in [5.41, 5.74) is 1.57. The number of aldehydes is 1. The number of hydrogen-bond acceptors (Lipinski definition) is 2. The number of carboxylic acids is 1. The third-order valence-corrected chi connectivity index (χ3v) is 2.97. The van der Waals surface area contributed by atoms with Gasteiger partial charge in [0, 0.05) is 12.0 Å². The zero-order valence-corrected chi connectivity index (χ0v) is 9.93. The molecule has 0 atom stereocenters. The van der Waals surface area contributed by atoms with Gasteiger partial charge in [0.05, 0.1) is 0 Å². The van der Waals surface area contributed by atoms with Crippen molar-refractivity contribution in [1.82, 2.24) is 0 Å². The van der Waals surface area contributed by atoms with Crippen LogP contribution in [0.15, 0.2) is 36.4 Å². The molecule has 2 aromatic rings. The number of aryl methyl sites for hydroxylation is 1. The quantitative estimate of drug-likeness (QED) is 0.820. The fourth-order valence-electron chi connectivity index (χ4n) is 2.06. The van der Waals surface area contributed by atoms with Gasteiger partial charge in [0.2, 0.25) is 0 Å². The van der Waals surface area contributed by atoms with Crippen molar-refractivity contribution < 1.29 is 14.7 Å². The predicted octanol–water partition coefficient (Wildman–Crippen LogP) is 3.06. The van der Waals surface area contributed by atoms with Crippen molar-refractivity contribution in [3.05, 3.63) is 47.5 Å². The van der Waals surface area contributed by atoms with Gasteiger partial charge in [-0.25, -0.2) is 0 Å². The van der Waals surface area contributed by atoms with Crippen molar-refractivity contribution in [2.45, 2.75) is 19.3 Å². The first-order valence-electron chi connectivity index (χ1n) is 5.89. The number of aliphatic carboxylic acids is 1. The molecule has 18 heavy (non-hydrogen) atoms. The topological polar surface area (TPSA) is 54.4 Å². The molecule has 0 aromatic heterocycles. The number of fused-ring (bicyclic) bond motifs is 1. The van der Waals surface area contributed by atoms with Crippen LogP contribution in [0, 0.1) is 0 Å². The number of rotatable bonds is 5. The van der Waals surface area contributed by atoms with E-state index in [0.717, 1.165) is 22.6 Å². The maximum Gasteiger partial charge on any atom is 0.303 e. The minimum absolute atomic E-state index is 0.130. The molecule has 0 bridgehead atoms. The molecule has 0 amide bonds. The molecule has 92 valence electrons. The number of carbonyl (C=O) groups is 2. The van der Waals surface area contributed by atoms with E-state index in [1.54, 1.807) is 0 Å². The Kier molecular flexibility index (Phi) is 3.72. The van der Waals surface area contributed by atoms with Gasteiger partial charge in [0.15, 0.2) is 0 Å². The predicted molar refractivity (Wildman–Crippen MR) is 69.9 cm³/mol. The van der Waals surface area contributed by atoms with E-state index in [4.69, 9.17) is 5.11 Å². The van der Waals surface area contributed by atoms with Crippen LogP contribution in [-0.4, -0.2) is 17.4 Å². The molecule has 0 unspecified atom stereocenters. The van der Waals surface area contributed by atoms with Gasteiger partial charge in [0.1, 0.15) is 6.29 Å². The molecule has 0 saturated heterocycles. The maximum atomic E-state index is 11.1. The SMILES string of the molecule is O=Cc1cc2ccccc2cc1CCCC(=O)O. The lowest BCUT2D eigenvalue weighted by atomic mass is 9.98. The van der Waals surface area contributed by atoms with Gasteiger partial charge in [-0.3, -0.25) is 9.59 Å². The highest BCUT2D eigenvalue weighted by molar-refractivity contribution is 5.90. The molecular formula is C15H14O3. The van der Waals surface area contributed by atoms with Gasteiger partial charge in [-0.1, -0.05) is 30.3 Å². The van der Waals surface area contributed by atoms with Crippen molar-refractivity contribution in [2.24, 2.45) is 0 Å². The minimum atomic E-state index is -0.802. The van der Waals surface area contributed by atoms with Crippen LogP contribution in [0.4, 0.5) is 0 Å². The Morgan fingerprint density at radius 3 is 2.44 bits per heavy atom. The number of carbonyl (C=O) groups excluding carboxylic acids is 1. The Morgan fingerprint density at radius 1 is 1.17 bits per heavy atom. The molecular weight excluding hydrogens is 228 g/mol. The summed E-state index contributed by atoms with van der Waals surface area (Å²) in [4.78, 5) is 21.5. The van der Waals surface area contributed by atoms with Crippen molar-refractivity contribution in [2.75, 3.05) is 0 Å². The van der Waals surface area contributed by atoms with Crippen LogP contribution in [0.1, 0.15) is 28.8 Å². The molecule has 0 heterocycles. The van der Waals surface area contributed by atoms with Gasteiger partial charge in [0.25, 0.3) is 0 Å². The van der Waals surface area contributed by atoms with E-state index in [-0.39, 0.29) is 6.42 Å². The average molecular weight is 242 g/mol. The van der Waals surface area contributed by atoms with Gasteiger partial charge in [-0.15, -0.1) is 0 Å². The summed E-state index contributed by atoms with van der Waals surface area (Å²) in [6, 6.07) is 11.7. The first-order valence-corrected chi connectivity index (χ1v) is 5.89. The Bertz CT molecular complexity index is 587. The number of carboxylic acid groups (broad SMARTS) is 1. The van der Waals surface area contributed by atoms with Crippen LogP contribution in [0.25, 0.3) is 10.8 Å². The fraction of sp³-hybridized carbons (Fsp3) is 0.200. The smallest absolute Gasteiger partial charge is 0.303 e. The van der Waals surface area contributed by atoms with Crippen molar-refractivity contribution in [3.8, 4) is 0 Å². The molecule has 0 aliphatic rings. The molecule has 2 aromatic carbocycles. The van der Waals surface area contributed by atoms with E-state index >= 15 is 0 Å². The van der Waals surface area contributed by atoms with Gasteiger partial charge in [-0.05, 0) is 35.2 Å². The molecule has 2 rings (SSSR count). The zero-order valence-electron chi connectivity index (χ0n) is 9.93. The lowest BCUT2D eigenvalue weighted by molar-refractivity contribution is -0.137. The largest absolute Gasteiger partial charge is 0.481 e. The monoisotopic (exact) mass is 242 g/mol. The fourth-order valence-corrected chi connectivity index (χ4v) is 2.06. The summed E-state index contributed by atoms with van der Waals surface area (Å²) in [6.45, 7) is 0. The first-order chi connectivity index (χ1) is 8.70. The summed E-state index contributed by atoms with van der Waals surface area (Å²) >= 11 is 0. The van der Waals surface area contributed by atoms with Gasteiger partial charge < -0.3 is 5.11 Å². The van der Waals surface area contributed by atoms with Gasteiger partial charge >= 0.3 is 5.97 Å². The van der Waals surface area contributed by atoms with Gasteiger partial charge in [-0.2, -0.15) is 0 Å². The summed E-state index contributed by atoms with van der Waals surface area (Å²) < 4.78 is 0. The summed E-state index contributed by atoms with van der Waals surface area (Å²) in [5, 5.41) is 10.7. The maximum absolute atomic E-state index is 11.1. The van der Waals surface area contributed by atoms with E-state index in [0.29, 0.717) is 18.4 Å². The Balaban J connectivity index is 2.30. The molecule has 0 aliphatic heterocycles. The second kappa shape index (κ2) is 5.45. The molecule has 0 spiro atoms. The average Bonchev–Trinajstić information content (AvgIpc) is 2.37. The Hall–Kier alpha value is -2.16. The summed E-state index contributed by atoms with van der Waals surface area (Å²) in [5.74, 6) is -0.802. The minimum Gasteiger partial charge on any atom is -0.481 e. The van der Waals surface area contributed by atoms with E-state index < -0.39 is 5.97 Å². The molecule has 3 nitrogen and oxygen atoms in total. The first kappa shape index (κ1) is 12.3. The van der Waals surface area contributed by atoms with E-state index in [1.807, 2.05) is 36.4 Å². The molecule has 3 heteroatoms. The lowest BCUT2D eigenvalue weighted by Crippen LogP contribution is -1.98. The van der Waals surface area contributed by atoms with Crippen LogP contribution in [0.3, 0.4) is 0 Å².